The number of carboxylic acid groups (broad SMARTS) is 2. The summed E-state index contributed by atoms with van der Waals surface area (Å²) in [5.74, 6) is -1.42. The summed E-state index contributed by atoms with van der Waals surface area (Å²) in [6.45, 7) is 2.40. The molecule has 2 rings (SSSR count). The van der Waals surface area contributed by atoms with Gasteiger partial charge in [-0.15, -0.1) is 0 Å². The molecule has 0 aliphatic carbocycles. The van der Waals surface area contributed by atoms with Crippen molar-refractivity contribution in [2.45, 2.75) is 58.3 Å². The van der Waals surface area contributed by atoms with Crippen molar-refractivity contribution in [1.29, 1.82) is 0 Å². The van der Waals surface area contributed by atoms with Gasteiger partial charge in [-0.25, -0.2) is 0 Å². The first kappa shape index (κ1) is 25.3. The van der Waals surface area contributed by atoms with Gasteiger partial charge in [-0.1, -0.05) is 13.3 Å². The van der Waals surface area contributed by atoms with Crippen LogP contribution in [0.25, 0.3) is 0 Å². The predicted molar refractivity (Wildman–Crippen MR) is 112 cm³/mol. The summed E-state index contributed by atoms with van der Waals surface area (Å²) >= 11 is 3.30. The van der Waals surface area contributed by atoms with Gasteiger partial charge >= 0.3 is 11.9 Å². The van der Waals surface area contributed by atoms with E-state index in [1.807, 2.05) is 22.9 Å². The van der Waals surface area contributed by atoms with Gasteiger partial charge in [-0.2, -0.15) is 22.7 Å². The maximum atomic E-state index is 10.1. The maximum Gasteiger partial charge on any atom is 0.303 e. The van der Waals surface area contributed by atoms with Crippen LogP contribution in [0, 0.1) is 0 Å². The fraction of sp³-hybridized carbons (Fsp3) is 0.500. The second-order valence-corrected chi connectivity index (χ2v) is 7.40. The summed E-state index contributed by atoms with van der Waals surface area (Å²) in [5.41, 5.74) is 2.49. The van der Waals surface area contributed by atoms with Crippen LogP contribution < -0.4 is 0 Å². The van der Waals surface area contributed by atoms with E-state index < -0.39 is 11.9 Å². The molecule has 0 aromatic carbocycles. The first-order valence-corrected chi connectivity index (χ1v) is 10.9. The number of aliphatic hydroxyl groups excluding tert-OH is 1. The van der Waals surface area contributed by atoms with E-state index in [4.69, 9.17) is 15.3 Å². The maximum absolute atomic E-state index is 10.1. The molecule has 0 saturated carbocycles. The molecule has 0 radical (unpaired) electrons. The zero-order valence-electron chi connectivity index (χ0n) is 15.8. The van der Waals surface area contributed by atoms with Crippen LogP contribution in [0.1, 0.15) is 56.6 Å². The number of thiophene rings is 2. The van der Waals surface area contributed by atoms with Gasteiger partial charge in [0.05, 0.1) is 0 Å². The number of carboxylic acids is 2. The lowest BCUT2D eigenvalue weighted by Gasteiger charge is -1.92. The zero-order valence-corrected chi connectivity index (χ0v) is 17.4. The van der Waals surface area contributed by atoms with Crippen LogP contribution >= 0.6 is 22.7 Å². The molecule has 3 N–H and O–H groups in total. The quantitative estimate of drug-likeness (QED) is 0.503. The van der Waals surface area contributed by atoms with Gasteiger partial charge in [-0.3, -0.25) is 9.59 Å². The minimum Gasteiger partial charge on any atom is -0.481 e. The highest BCUT2D eigenvalue weighted by Crippen LogP contribution is 2.10. The zero-order chi connectivity index (χ0) is 20.3. The highest BCUT2D eigenvalue weighted by molar-refractivity contribution is 7.08. The molecule has 27 heavy (non-hydrogen) atoms. The molecule has 5 nitrogen and oxygen atoms in total. The van der Waals surface area contributed by atoms with Crippen molar-refractivity contribution < 1.29 is 24.9 Å². The Kier molecular flexibility index (Phi) is 16.6. The van der Waals surface area contributed by atoms with Gasteiger partial charge in [0, 0.05) is 19.4 Å². The normalized spacial score (nSPS) is 9.56. The molecular weight excluding hydrogens is 384 g/mol. The largest absolute Gasteiger partial charge is 0.481 e. The smallest absolute Gasteiger partial charge is 0.303 e. The summed E-state index contributed by atoms with van der Waals surface area (Å²) in [6, 6.07) is 4.07. The third kappa shape index (κ3) is 17.5. The van der Waals surface area contributed by atoms with Crippen LogP contribution in [-0.4, -0.2) is 33.9 Å². The first-order valence-electron chi connectivity index (χ1n) is 9.06. The van der Waals surface area contributed by atoms with Crippen molar-refractivity contribution in [2.75, 3.05) is 6.61 Å². The van der Waals surface area contributed by atoms with Gasteiger partial charge in [0.25, 0.3) is 0 Å². The van der Waals surface area contributed by atoms with E-state index in [1.165, 1.54) is 11.1 Å². The predicted octanol–water partition coefficient (Wildman–Crippen LogP) is 5.09. The third-order valence-electron chi connectivity index (χ3n) is 3.38. The number of hydrogen-bond acceptors (Lipinski definition) is 5. The van der Waals surface area contributed by atoms with E-state index in [9.17, 15) is 9.59 Å². The summed E-state index contributed by atoms with van der Waals surface area (Å²) in [7, 11) is 0. The number of aryl methyl sites for hydroxylation is 2. The van der Waals surface area contributed by atoms with E-state index in [0.29, 0.717) is 6.61 Å². The van der Waals surface area contributed by atoms with Crippen molar-refractivity contribution in [2.24, 2.45) is 0 Å². The summed E-state index contributed by atoms with van der Waals surface area (Å²) < 4.78 is 0. The second-order valence-electron chi connectivity index (χ2n) is 5.83. The van der Waals surface area contributed by atoms with Crippen LogP contribution in [0.4, 0.5) is 0 Å². The molecule has 2 aromatic rings. The van der Waals surface area contributed by atoms with Crippen LogP contribution in [0.2, 0.25) is 0 Å². The Balaban J connectivity index is 0.000000405. The Bertz CT molecular complexity index is 527. The molecule has 0 saturated heterocycles. The molecule has 0 aliphatic heterocycles. The van der Waals surface area contributed by atoms with Crippen molar-refractivity contribution in [3.63, 3.8) is 0 Å². The molecule has 0 atom stereocenters. The Morgan fingerprint density at radius 3 is 1.52 bits per heavy atom. The Hall–Kier alpha value is -1.70. The van der Waals surface area contributed by atoms with Crippen LogP contribution in [0.5, 0.6) is 0 Å². The number of aliphatic hydroxyl groups is 1. The molecule has 2 heterocycles. The lowest BCUT2D eigenvalue weighted by molar-refractivity contribution is -0.138. The van der Waals surface area contributed by atoms with E-state index in [0.717, 1.165) is 38.5 Å². The Morgan fingerprint density at radius 1 is 0.852 bits per heavy atom. The topological polar surface area (TPSA) is 94.8 Å². The van der Waals surface area contributed by atoms with Crippen molar-refractivity contribution >= 4 is 34.6 Å². The molecule has 0 bridgehead atoms. The number of aliphatic carboxylic acids is 2. The average molecular weight is 415 g/mol. The molecule has 7 heteroatoms. The van der Waals surface area contributed by atoms with Gasteiger partial charge in [0.1, 0.15) is 0 Å². The third-order valence-corrected chi connectivity index (χ3v) is 4.85. The minimum absolute atomic E-state index is 0.274. The molecule has 0 amide bonds. The van der Waals surface area contributed by atoms with E-state index >= 15 is 0 Å². The van der Waals surface area contributed by atoms with Crippen molar-refractivity contribution in [3.8, 4) is 0 Å². The number of hydrogen-bond donors (Lipinski definition) is 3. The van der Waals surface area contributed by atoms with Crippen LogP contribution in [0.15, 0.2) is 33.7 Å². The van der Waals surface area contributed by atoms with Gasteiger partial charge in [-0.05, 0) is 76.9 Å². The standard InChI is InChI=1S/2C8H10O2S.C4H10O/c2*9-8(10)3-1-2-7-4-5-11-6-7;1-2-3-4-5/h2*4-6H,1-3H2,(H,9,10);5H,2-4H2,1H3. The van der Waals surface area contributed by atoms with Crippen molar-refractivity contribution in [3.05, 3.63) is 44.8 Å². The van der Waals surface area contributed by atoms with E-state index in [2.05, 4.69) is 17.7 Å². The minimum atomic E-state index is -0.708. The Morgan fingerprint density at radius 2 is 1.30 bits per heavy atom. The van der Waals surface area contributed by atoms with Gasteiger partial charge < -0.3 is 15.3 Å². The van der Waals surface area contributed by atoms with Gasteiger partial charge in [0.2, 0.25) is 0 Å². The van der Waals surface area contributed by atoms with Crippen molar-refractivity contribution in [1.82, 2.24) is 0 Å². The first-order chi connectivity index (χ1) is 13.0. The van der Waals surface area contributed by atoms with Gasteiger partial charge in [0.15, 0.2) is 0 Å². The highest BCUT2D eigenvalue weighted by atomic mass is 32.1. The number of carbonyl (C=O) groups is 2. The van der Waals surface area contributed by atoms with E-state index in [-0.39, 0.29) is 12.8 Å². The average Bonchev–Trinajstić information content (AvgIpc) is 3.30. The fourth-order valence-corrected chi connectivity index (χ4v) is 3.32. The highest BCUT2D eigenvalue weighted by Gasteiger charge is 1.98. The lowest BCUT2D eigenvalue weighted by Crippen LogP contribution is -1.94. The molecule has 0 aliphatic rings. The Labute approximate surface area is 169 Å². The summed E-state index contributed by atoms with van der Waals surface area (Å²) in [4.78, 5) is 20.3. The number of unbranched alkanes of at least 4 members (excludes halogenated alkanes) is 1. The second kappa shape index (κ2) is 17.7. The fourth-order valence-electron chi connectivity index (χ4n) is 1.92. The summed E-state index contributed by atoms with van der Waals surface area (Å²) in [5, 5.41) is 32.9. The van der Waals surface area contributed by atoms with Crippen LogP contribution in [0.3, 0.4) is 0 Å². The monoisotopic (exact) mass is 414 g/mol. The van der Waals surface area contributed by atoms with E-state index in [1.54, 1.807) is 22.7 Å². The lowest BCUT2D eigenvalue weighted by atomic mass is 10.1. The SMILES string of the molecule is CCCCO.O=C(O)CCCc1ccsc1.O=C(O)CCCc1ccsc1. The molecular formula is C20H30O5S2. The van der Waals surface area contributed by atoms with Crippen LogP contribution in [-0.2, 0) is 22.4 Å². The molecule has 152 valence electrons. The molecule has 0 spiro atoms. The molecule has 0 unspecified atom stereocenters. The summed E-state index contributed by atoms with van der Waals surface area (Å²) in [6.07, 6.45) is 5.84. The molecule has 0 fully saturated rings. The number of rotatable bonds is 10. The molecule has 2 aromatic heterocycles.